The van der Waals surface area contributed by atoms with Gasteiger partial charge in [0, 0.05) is 6.54 Å². The quantitative estimate of drug-likeness (QED) is 0.493. The fourth-order valence-electron chi connectivity index (χ4n) is 2.89. The highest BCUT2D eigenvalue weighted by molar-refractivity contribution is 7.89. The third kappa shape index (κ3) is 5.31. The maximum atomic E-state index is 13.4. The number of methoxy groups -OCH3 is 1. The molecule has 152 valence electrons. The second kappa shape index (κ2) is 9.68. The molecule has 7 nitrogen and oxygen atoms in total. The largest absolute Gasteiger partial charge is 0.497 e. The van der Waals surface area contributed by atoms with E-state index < -0.39 is 22.0 Å². The normalized spacial score (nSPS) is 12.8. The van der Waals surface area contributed by atoms with Crippen LogP contribution in [0.4, 0.5) is 0 Å². The number of ether oxygens (including phenoxy) is 1. The van der Waals surface area contributed by atoms with Gasteiger partial charge in [-0.05, 0) is 42.2 Å². The van der Waals surface area contributed by atoms with Crippen LogP contribution in [0, 0.1) is 5.92 Å². The fourth-order valence-corrected chi connectivity index (χ4v) is 4.47. The van der Waals surface area contributed by atoms with E-state index in [-0.39, 0.29) is 23.8 Å². The average Bonchev–Trinajstić information content (AvgIpc) is 2.70. The Morgan fingerprint density at radius 1 is 1.11 bits per heavy atom. The number of hydrogen-bond acceptors (Lipinski definition) is 5. The Labute approximate surface area is 166 Å². The maximum Gasteiger partial charge on any atom is 0.261 e. The molecule has 0 saturated carbocycles. The molecule has 2 rings (SSSR count). The van der Waals surface area contributed by atoms with Gasteiger partial charge in [0.15, 0.2) is 0 Å². The van der Waals surface area contributed by atoms with Crippen LogP contribution in [0.2, 0.25) is 0 Å². The number of hydrogen-bond donors (Lipinski definition) is 2. The van der Waals surface area contributed by atoms with E-state index in [2.05, 4.69) is 0 Å². The first-order valence-corrected chi connectivity index (χ1v) is 10.4. The molecule has 1 atom stereocenters. The van der Waals surface area contributed by atoms with Gasteiger partial charge >= 0.3 is 0 Å². The summed E-state index contributed by atoms with van der Waals surface area (Å²) in [6, 6.07) is 13.9. The summed E-state index contributed by atoms with van der Waals surface area (Å²) < 4.78 is 33.0. The van der Waals surface area contributed by atoms with Crippen molar-refractivity contribution in [2.75, 3.05) is 7.11 Å². The minimum atomic E-state index is -4.02. The van der Waals surface area contributed by atoms with Gasteiger partial charge in [-0.25, -0.2) is 13.9 Å². The zero-order chi connectivity index (χ0) is 20.7. The van der Waals surface area contributed by atoms with Crippen LogP contribution in [0.3, 0.4) is 0 Å². The SMILES string of the molecule is COc1ccc(S(=O)(=O)N(Cc2ccccc2)[C@@H](CC(C)C)C(=O)NO)cc1. The lowest BCUT2D eigenvalue weighted by Crippen LogP contribution is -2.49. The molecule has 0 bridgehead atoms. The van der Waals surface area contributed by atoms with Crippen molar-refractivity contribution in [1.29, 1.82) is 0 Å². The predicted molar refractivity (Wildman–Crippen MR) is 105 cm³/mol. The van der Waals surface area contributed by atoms with Crippen molar-refractivity contribution in [3.63, 3.8) is 0 Å². The van der Waals surface area contributed by atoms with Gasteiger partial charge in [-0.3, -0.25) is 10.0 Å². The molecule has 0 aromatic heterocycles. The molecule has 0 aliphatic carbocycles. The number of benzene rings is 2. The van der Waals surface area contributed by atoms with Crippen molar-refractivity contribution in [2.45, 2.75) is 37.8 Å². The van der Waals surface area contributed by atoms with Crippen LogP contribution in [0.15, 0.2) is 59.5 Å². The summed E-state index contributed by atoms with van der Waals surface area (Å²) in [6.07, 6.45) is 0.259. The zero-order valence-corrected chi connectivity index (χ0v) is 17.0. The molecular weight excluding hydrogens is 380 g/mol. The van der Waals surface area contributed by atoms with Gasteiger partial charge in [0.05, 0.1) is 12.0 Å². The van der Waals surface area contributed by atoms with Gasteiger partial charge in [-0.15, -0.1) is 0 Å². The minimum Gasteiger partial charge on any atom is -0.497 e. The average molecular weight is 407 g/mol. The van der Waals surface area contributed by atoms with Gasteiger partial charge in [0.1, 0.15) is 11.8 Å². The molecule has 2 aromatic carbocycles. The summed E-state index contributed by atoms with van der Waals surface area (Å²) in [5, 5.41) is 9.20. The molecule has 0 radical (unpaired) electrons. The predicted octanol–water partition coefficient (Wildman–Crippen LogP) is 2.81. The van der Waals surface area contributed by atoms with Gasteiger partial charge in [0.2, 0.25) is 10.0 Å². The Morgan fingerprint density at radius 2 is 1.71 bits per heavy atom. The van der Waals surface area contributed by atoms with Crippen LogP contribution in [-0.2, 0) is 21.4 Å². The monoisotopic (exact) mass is 406 g/mol. The molecule has 0 unspecified atom stereocenters. The Balaban J connectivity index is 2.52. The summed E-state index contributed by atoms with van der Waals surface area (Å²) in [6.45, 7) is 3.77. The molecule has 0 saturated heterocycles. The minimum absolute atomic E-state index is 0.00000913. The van der Waals surface area contributed by atoms with E-state index >= 15 is 0 Å². The van der Waals surface area contributed by atoms with Crippen LogP contribution in [0.5, 0.6) is 5.75 Å². The molecule has 0 aliphatic heterocycles. The van der Waals surface area contributed by atoms with Crippen LogP contribution < -0.4 is 10.2 Å². The van der Waals surface area contributed by atoms with Crippen LogP contribution in [0.1, 0.15) is 25.8 Å². The number of rotatable bonds is 9. The van der Waals surface area contributed by atoms with Gasteiger partial charge in [-0.2, -0.15) is 4.31 Å². The summed E-state index contributed by atoms with van der Waals surface area (Å²) in [4.78, 5) is 12.4. The van der Waals surface area contributed by atoms with Gasteiger partial charge < -0.3 is 4.74 Å². The second-order valence-electron chi connectivity index (χ2n) is 6.83. The molecule has 0 heterocycles. The van der Waals surface area contributed by atoms with Crippen molar-refractivity contribution >= 4 is 15.9 Å². The van der Waals surface area contributed by atoms with E-state index in [0.29, 0.717) is 5.75 Å². The lowest BCUT2D eigenvalue weighted by molar-refractivity contribution is -0.133. The summed E-state index contributed by atoms with van der Waals surface area (Å²) >= 11 is 0. The third-order valence-electron chi connectivity index (χ3n) is 4.30. The molecule has 1 amide bonds. The molecular formula is C20H26N2O5S. The standard InChI is InChI=1S/C20H26N2O5S/c1-15(2)13-19(20(23)21-24)22(14-16-7-5-4-6-8-16)28(25,26)18-11-9-17(27-3)10-12-18/h4-12,15,19,24H,13-14H2,1-3H3,(H,21,23)/t19-/m0/s1. The first-order chi connectivity index (χ1) is 13.3. The van der Waals surface area contributed by atoms with Crippen LogP contribution in [0.25, 0.3) is 0 Å². The maximum absolute atomic E-state index is 13.4. The fraction of sp³-hybridized carbons (Fsp3) is 0.350. The van der Waals surface area contributed by atoms with E-state index in [9.17, 15) is 18.4 Å². The highest BCUT2D eigenvalue weighted by atomic mass is 32.2. The van der Waals surface area contributed by atoms with Crippen molar-refractivity contribution < 1.29 is 23.2 Å². The smallest absolute Gasteiger partial charge is 0.261 e. The number of amides is 1. The van der Waals surface area contributed by atoms with Crippen molar-refractivity contribution in [3.8, 4) is 5.75 Å². The molecule has 8 heteroatoms. The van der Waals surface area contributed by atoms with E-state index in [1.54, 1.807) is 41.9 Å². The van der Waals surface area contributed by atoms with Crippen LogP contribution >= 0.6 is 0 Å². The number of carbonyl (C=O) groups is 1. The van der Waals surface area contributed by atoms with Gasteiger partial charge in [0.25, 0.3) is 5.91 Å². The number of nitrogens with zero attached hydrogens (tertiary/aromatic N) is 1. The molecule has 0 fully saturated rings. The van der Waals surface area contributed by atoms with E-state index in [1.165, 1.54) is 19.2 Å². The Kier molecular flexibility index (Phi) is 7.56. The Hall–Kier alpha value is -2.42. The highest BCUT2D eigenvalue weighted by Gasteiger charge is 2.36. The zero-order valence-electron chi connectivity index (χ0n) is 16.2. The first kappa shape index (κ1) is 21.9. The lowest BCUT2D eigenvalue weighted by atomic mass is 10.0. The summed E-state index contributed by atoms with van der Waals surface area (Å²) in [7, 11) is -2.52. The molecule has 2 aromatic rings. The molecule has 2 N–H and O–H groups in total. The summed E-state index contributed by atoms with van der Waals surface area (Å²) in [5.41, 5.74) is 2.35. The Bertz CT molecular complexity index is 867. The van der Waals surface area contributed by atoms with E-state index in [4.69, 9.17) is 4.74 Å². The summed E-state index contributed by atoms with van der Waals surface area (Å²) in [5.74, 6) is -0.200. The number of nitrogens with one attached hydrogen (secondary N) is 1. The molecule has 0 spiro atoms. The van der Waals surface area contributed by atoms with Crippen molar-refractivity contribution in [3.05, 3.63) is 60.2 Å². The van der Waals surface area contributed by atoms with E-state index in [0.717, 1.165) is 9.87 Å². The number of sulfonamides is 1. The van der Waals surface area contributed by atoms with Crippen molar-refractivity contribution in [1.82, 2.24) is 9.79 Å². The third-order valence-corrected chi connectivity index (χ3v) is 6.17. The lowest BCUT2D eigenvalue weighted by Gasteiger charge is -2.30. The molecule has 0 aliphatic rings. The topological polar surface area (TPSA) is 95.9 Å². The van der Waals surface area contributed by atoms with Gasteiger partial charge in [-0.1, -0.05) is 44.2 Å². The van der Waals surface area contributed by atoms with Crippen LogP contribution in [-0.4, -0.2) is 37.0 Å². The highest BCUT2D eigenvalue weighted by Crippen LogP contribution is 2.26. The Morgan fingerprint density at radius 3 is 2.21 bits per heavy atom. The number of carbonyl (C=O) groups excluding carboxylic acids is 1. The molecule has 28 heavy (non-hydrogen) atoms. The first-order valence-electron chi connectivity index (χ1n) is 8.93. The number of hydroxylamine groups is 1. The van der Waals surface area contributed by atoms with Crippen molar-refractivity contribution in [2.24, 2.45) is 5.92 Å². The second-order valence-corrected chi connectivity index (χ2v) is 8.72. The van der Waals surface area contributed by atoms with E-state index in [1.807, 2.05) is 19.9 Å².